The summed E-state index contributed by atoms with van der Waals surface area (Å²) in [4.78, 5) is 17.1. The van der Waals surface area contributed by atoms with Crippen LogP contribution >= 0.6 is 0 Å². The van der Waals surface area contributed by atoms with Crippen LogP contribution in [0.5, 0.6) is 0 Å². The summed E-state index contributed by atoms with van der Waals surface area (Å²) in [6.45, 7) is 1.74. The van der Waals surface area contributed by atoms with Crippen molar-refractivity contribution in [3.05, 3.63) is 23.8 Å². The van der Waals surface area contributed by atoms with Crippen molar-refractivity contribution >= 4 is 23.1 Å². The number of hydrogen-bond donors (Lipinski definition) is 2. The Hall–Kier alpha value is -2.08. The second kappa shape index (κ2) is 5.71. The Labute approximate surface area is 111 Å². The molecule has 6 heteroatoms. The van der Waals surface area contributed by atoms with Gasteiger partial charge in [-0.25, -0.2) is 4.79 Å². The number of carbonyl (C=O) groups is 1. The quantitative estimate of drug-likeness (QED) is 0.770. The van der Waals surface area contributed by atoms with Gasteiger partial charge in [0.05, 0.1) is 5.56 Å². The maximum Gasteiger partial charge on any atom is 0.335 e. The molecule has 0 aliphatic heterocycles. The Morgan fingerprint density at radius 3 is 3.00 bits per heavy atom. The summed E-state index contributed by atoms with van der Waals surface area (Å²) >= 11 is 0. The third-order valence-corrected chi connectivity index (χ3v) is 2.87. The van der Waals surface area contributed by atoms with E-state index in [1.54, 1.807) is 6.07 Å². The lowest BCUT2D eigenvalue weighted by Gasteiger charge is -2.13. The third-order valence-electron chi connectivity index (χ3n) is 2.87. The minimum atomic E-state index is -0.970. The SMILES string of the molecule is CNCCCN(C)c1nc2ccc(C(=O)O)cc2o1. The van der Waals surface area contributed by atoms with Gasteiger partial charge in [-0.1, -0.05) is 0 Å². The van der Waals surface area contributed by atoms with Gasteiger partial charge in [0.2, 0.25) is 0 Å². The summed E-state index contributed by atoms with van der Waals surface area (Å²) < 4.78 is 5.58. The van der Waals surface area contributed by atoms with E-state index in [1.807, 2.05) is 19.0 Å². The molecule has 1 aromatic carbocycles. The summed E-state index contributed by atoms with van der Waals surface area (Å²) in [6, 6.07) is 5.19. The molecule has 0 bridgehead atoms. The second-order valence-electron chi connectivity index (χ2n) is 4.36. The van der Waals surface area contributed by atoms with E-state index >= 15 is 0 Å². The standard InChI is InChI=1S/C13H17N3O3/c1-14-6-3-7-16(2)13-15-10-5-4-9(12(17)18)8-11(10)19-13/h4-5,8,14H,3,6-7H2,1-2H3,(H,17,18). The first-order chi connectivity index (χ1) is 9.11. The summed E-state index contributed by atoms with van der Waals surface area (Å²) in [5.41, 5.74) is 1.36. The molecule has 0 saturated carbocycles. The molecule has 0 fully saturated rings. The predicted molar refractivity (Wildman–Crippen MR) is 72.8 cm³/mol. The highest BCUT2D eigenvalue weighted by Crippen LogP contribution is 2.22. The molecule has 19 heavy (non-hydrogen) atoms. The summed E-state index contributed by atoms with van der Waals surface area (Å²) in [7, 11) is 3.81. The fraction of sp³-hybridized carbons (Fsp3) is 0.385. The Bertz CT molecular complexity index is 580. The molecule has 0 aliphatic rings. The van der Waals surface area contributed by atoms with Crippen molar-refractivity contribution in [2.24, 2.45) is 0 Å². The topological polar surface area (TPSA) is 78.6 Å². The first-order valence-electron chi connectivity index (χ1n) is 6.11. The lowest BCUT2D eigenvalue weighted by atomic mass is 10.2. The Kier molecular flexibility index (Phi) is 4.01. The van der Waals surface area contributed by atoms with Crippen LogP contribution in [-0.2, 0) is 0 Å². The van der Waals surface area contributed by atoms with E-state index in [2.05, 4.69) is 10.3 Å². The van der Waals surface area contributed by atoms with Crippen LogP contribution in [0.2, 0.25) is 0 Å². The largest absolute Gasteiger partial charge is 0.478 e. The lowest BCUT2D eigenvalue weighted by Crippen LogP contribution is -2.22. The second-order valence-corrected chi connectivity index (χ2v) is 4.36. The first-order valence-corrected chi connectivity index (χ1v) is 6.11. The zero-order valence-electron chi connectivity index (χ0n) is 11.0. The maximum atomic E-state index is 10.9. The highest BCUT2D eigenvalue weighted by molar-refractivity contribution is 5.92. The molecule has 0 spiro atoms. The lowest BCUT2D eigenvalue weighted by molar-refractivity contribution is 0.0697. The molecule has 102 valence electrons. The van der Waals surface area contributed by atoms with Crippen molar-refractivity contribution in [2.75, 3.05) is 32.1 Å². The van der Waals surface area contributed by atoms with Gasteiger partial charge in [0.25, 0.3) is 6.01 Å². The number of aromatic nitrogens is 1. The number of nitrogens with one attached hydrogen (secondary N) is 1. The average molecular weight is 263 g/mol. The minimum Gasteiger partial charge on any atom is -0.478 e. The van der Waals surface area contributed by atoms with Crippen LogP contribution in [0.1, 0.15) is 16.8 Å². The van der Waals surface area contributed by atoms with Gasteiger partial charge in [0, 0.05) is 13.6 Å². The monoisotopic (exact) mass is 263 g/mol. The number of carboxylic acids is 1. The molecule has 6 nitrogen and oxygen atoms in total. The fourth-order valence-electron chi connectivity index (χ4n) is 1.80. The zero-order valence-corrected chi connectivity index (χ0v) is 11.0. The number of rotatable bonds is 6. The van der Waals surface area contributed by atoms with E-state index < -0.39 is 5.97 Å². The molecular formula is C13H17N3O3. The molecule has 0 amide bonds. The van der Waals surface area contributed by atoms with Gasteiger partial charge in [-0.15, -0.1) is 0 Å². The molecular weight excluding hydrogens is 246 g/mol. The van der Waals surface area contributed by atoms with Gasteiger partial charge in [0.15, 0.2) is 5.58 Å². The number of benzene rings is 1. The fourth-order valence-corrected chi connectivity index (χ4v) is 1.80. The smallest absolute Gasteiger partial charge is 0.335 e. The molecule has 0 unspecified atom stereocenters. The summed E-state index contributed by atoms with van der Waals surface area (Å²) in [5, 5.41) is 12.0. The maximum absolute atomic E-state index is 10.9. The number of hydrogen-bond acceptors (Lipinski definition) is 5. The molecule has 2 rings (SSSR count). The molecule has 0 saturated heterocycles. The number of nitrogens with zero attached hydrogens (tertiary/aromatic N) is 2. The number of anilines is 1. The molecule has 2 aromatic rings. The normalized spacial score (nSPS) is 10.8. The highest BCUT2D eigenvalue weighted by atomic mass is 16.4. The van der Waals surface area contributed by atoms with Crippen LogP contribution in [0.15, 0.2) is 22.6 Å². The van der Waals surface area contributed by atoms with Crippen molar-refractivity contribution in [2.45, 2.75) is 6.42 Å². The predicted octanol–water partition coefficient (Wildman–Crippen LogP) is 1.57. The van der Waals surface area contributed by atoms with Crippen LogP contribution in [0.25, 0.3) is 11.1 Å². The van der Waals surface area contributed by atoms with E-state index in [-0.39, 0.29) is 5.56 Å². The van der Waals surface area contributed by atoms with Crippen LogP contribution in [0.4, 0.5) is 6.01 Å². The van der Waals surface area contributed by atoms with Gasteiger partial charge in [0.1, 0.15) is 5.52 Å². The van der Waals surface area contributed by atoms with Crippen LogP contribution in [0.3, 0.4) is 0 Å². The van der Waals surface area contributed by atoms with Crippen LogP contribution in [-0.4, -0.2) is 43.2 Å². The number of aromatic carboxylic acids is 1. The number of oxazole rings is 1. The summed E-state index contributed by atoms with van der Waals surface area (Å²) in [6.07, 6.45) is 0.978. The van der Waals surface area contributed by atoms with Gasteiger partial charge in [-0.2, -0.15) is 4.98 Å². The van der Waals surface area contributed by atoms with Crippen molar-refractivity contribution < 1.29 is 14.3 Å². The number of fused-ring (bicyclic) bond motifs is 1. The van der Waals surface area contributed by atoms with Crippen molar-refractivity contribution in [1.29, 1.82) is 0 Å². The Morgan fingerprint density at radius 2 is 2.32 bits per heavy atom. The van der Waals surface area contributed by atoms with Gasteiger partial charge < -0.3 is 19.7 Å². The highest BCUT2D eigenvalue weighted by Gasteiger charge is 2.12. The first kappa shape index (κ1) is 13.4. The van der Waals surface area contributed by atoms with Gasteiger partial charge >= 0.3 is 5.97 Å². The van der Waals surface area contributed by atoms with E-state index in [4.69, 9.17) is 9.52 Å². The van der Waals surface area contributed by atoms with Crippen molar-refractivity contribution in [1.82, 2.24) is 10.3 Å². The zero-order chi connectivity index (χ0) is 13.8. The van der Waals surface area contributed by atoms with E-state index in [0.717, 1.165) is 19.5 Å². The van der Waals surface area contributed by atoms with E-state index in [0.29, 0.717) is 17.1 Å². The van der Waals surface area contributed by atoms with Crippen molar-refractivity contribution in [3.63, 3.8) is 0 Å². The molecule has 1 heterocycles. The number of carboxylic acid groups (broad SMARTS) is 1. The van der Waals surface area contributed by atoms with E-state index in [1.165, 1.54) is 12.1 Å². The Balaban J connectivity index is 2.18. The molecule has 1 aromatic heterocycles. The molecule has 0 aliphatic carbocycles. The van der Waals surface area contributed by atoms with Gasteiger partial charge in [-0.05, 0) is 38.2 Å². The molecule has 2 N–H and O–H groups in total. The van der Waals surface area contributed by atoms with Crippen LogP contribution < -0.4 is 10.2 Å². The van der Waals surface area contributed by atoms with E-state index in [9.17, 15) is 4.79 Å². The average Bonchev–Trinajstić information content (AvgIpc) is 2.81. The Morgan fingerprint density at radius 1 is 1.53 bits per heavy atom. The van der Waals surface area contributed by atoms with Gasteiger partial charge in [-0.3, -0.25) is 0 Å². The molecule has 0 atom stereocenters. The van der Waals surface area contributed by atoms with Crippen LogP contribution in [0, 0.1) is 0 Å². The third kappa shape index (κ3) is 3.03. The minimum absolute atomic E-state index is 0.202. The van der Waals surface area contributed by atoms with Crippen molar-refractivity contribution in [3.8, 4) is 0 Å². The molecule has 0 radical (unpaired) electrons. The summed E-state index contributed by atoms with van der Waals surface area (Å²) in [5.74, 6) is -0.970.